The number of halogens is 1. The lowest BCUT2D eigenvalue weighted by Crippen LogP contribution is -2.21. The maximum Gasteiger partial charge on any atom is 0.122 e. The second-order valence-corrected chi connectivity index (χ2v) is 2.72. The van der Waals surface area contributed by atoms with E-state index >= 15 is 0 Å². The second kappa shape index (κ2) is 1.69. The maximum atomic E-state index is 12.8. The minimum absolute atomic E-state index is 0.493. The third kappa shape index (κ3) is 1.19. The van der Waals surface area contributed by atoms with Crippen LogP contribution < -0.4 is 0 Å². The third-order valence-corrected chi connectivity index (χ3v) is 1.50. The highest BCUT2D eigenvalue weighted by atomic mass is 19.1. The molecule has 0 aromatic heterocycles. The zero-order valence-corrected chi connectivity index (χ0v) is 5.15. The normalized spacial score (nSPS) is 40.9. The quantitative estimate of drug-likeness (QED) is 0.460. The SMILES string of the molecule is [CH2]N1CCC(C)(F)C1. The summed E-state index contributed by atoms with van der Waals surface area (Å²) in [4.78, 5) is 1.76. The Bertz CT molecular complexity index is 90.5. The molecule has 0 saturated carbocycles. The minimum atomic E-state index is -0.970. The molecule has 1 aliphatic heterocycles. The van der Waals surface area contributed by atoms with Gasteiger partial charge in [-0.15, -0.1) is 0 Å². The first-order valence-corrected chi connectivity index (χ1v) is 2.84. The largest absolute Gasteiger partial charge is 0.299 e. The average molecular weight is 116 g/mol. The molecule has 0 amide bonds. The molecule has 1 fully saturated rings. The monoisotopic (exact) mass is 116 g/mol. The Labute approximate surface area is 49.5 Å². The van der Waals surface area contributed by atoms with E-state index in [2.05, 4.69) is 7.05 Å². The average Bonchev–Trinajstić information content (AvgIpc) is 1.82. The Balaban J connectivity index is 2.44. The summed E-state index contributed by atoms with van der Waals surface area (Å²) >= 11 is 0. The molecule has 0 bridgehead atoms. The smallest absolute Gasteiger partial charge is 0.122 e. The molecule has 8 heavy (non-hydrogen) atoms. The molecule has 2 heteroatoms. The van der Waals surface area contributed by atoms with Gasteiger partial charge in [0.1, 0.15) is 5.67 Å². The van der Waals surface area contributed by atoms with Gasteiger partial charge in [-0.25, -0.2) is 4.39 Å². The Hall–Kier alpha value is -0.110. The molecule has 1 radical (unpaired) electrons. The van der Waals surface area contributed by atoms with Crippen LogP contribution in [0, 0.1) is 7.05 Å². The minimum Gasteiger partial charge on any atom is -0.299 e. The van der Waals surface area contributed by atoms with Gasteiger partial charge in [0.2, 0.25) is 0 Å². The molecular formula is C6H11FN. The predicted octanol–water partition coefficient (Wildman–Crippen LogP) is 1.21. The molecule has 0 aliphatic carbocycles. The number of alkyl halides is 1. The summed E-state index contributed by atoms with van der Waals surface area (Å²) in [6.45, 7) is 2.91. The molecular weight excluding hydrogens is 105 g/mol. The summed E-state index contributed by atoms with van der Waals surface area (Å²) in [6, 6.07) is 0. The van der Waals surface area contributed by atoms with E-state index in [9.17, 15) is 4.39 Å². The van der Waals surface area contributed by atoms with Gasteiger partial charge in [-0.05, 0) is 13.3 Å². The van der Waals surface area contributed by atoms with E-state index in [0.29, 0.717) is 13.0 Å². The van der Waals surface area contributed by atoms with Crippen molar-refractivity contribution < 1.29 is 4.39 Å². The van der Waals surface area contributed by atoms with Gasteiger partial charge in [0.05, 0.1) is 0 Å². The molecule has 1 nitrogen and oxygen atoms in total. The van der Waals surface area contributed by atoms with Crippen LogP contribution in [0.5, 0.6) is 0 Å². The third-order valence-electron chi connectivity index (χ3n) is 1.50. The van der Waals surface area contributed by atoms with Crippen molar-refractivity contribution in [3.8, 4) is 0 Å². The number of nitrogens with zero attached hydrogens (tertiary/aromatic N) is 1. The van der Waals surface area contributed by atoms with Crippen LogP contribution in [0.4, 0.5) is 4.39 Å². The Kier molecular flexibility index (Phi) is 1.27. The van der Waals surface area contributed by atoms with Crippen molar-refractivity contribution in [1.29, 1.82) is 0 Å². The van der Waals surface area contributed by atoms with Crippen molar-refractivity contribution in [2.24, 2.45) is 0 Å². The van der Waals surface area contributed by atoms with Gasteiger partial charge in [-0.3, -0.25) is 4.90 Å². The summed E-state index contributed by atoms with van der Waals surface area (Å²) in [5, 5.41) is 0. The first-order chi connectivity index (χ1) is 3.60. The Morgan fingerprint density at radius 2 is 2.38 bits per heavy atom. The van der Waals surface area contributed by atoms with Crippen LogP contribution >= 0.6 is 0 Å². The molecule has 1 atom stereocenters. The van der Waals surface area contributed by atoms with Gasteiger partial charge >= 0.3 is 0 Å². The van der Waals surface area contributed by atoms with Gasteiger partial charge < -0.3 is 0 Å². The molecule has 1 unspecified atom stereocenters. The van der Waals surface area contributed by atoms with Gasteiger partial charge in [0, 0.05) is 20.1 Å². The van der Waals surface area contributed by atoms with E-state index in [1.54, 1.807) is 11.8 Å². The van der Waals surface area contributed by atoms with Crippen molar-refractivity contribution in [2.75, 3.05) is 13.1 Å². The lowest BCUT2D eigenvalue weighted by molar-refractivity contribution is 0.202. The fraction of sp³-hybridized carbons (Fsp3) is 0.833. The van der Waals surface area contributed by atoms with Crippen LogP contribution in [-0.4, -0.2) is 23.7 Å². The number of hydrogen-bond donors (Lipinski definition) is 0. The van der Waals surface area contributed by atoms with Gasteiger partial charge in [-0.1, -0.05) is 0 Å². The highest BCUT2D eigenvalue weighted by Crippen LogP contribution is 2.23. The van der Waals surface area contributed by atoms with Crippen LogP contribution in [0.2, 0.25) is 0 Å². The molecule has 0 aromatic carbocycles. The molecule has 1 heterocycles. The van der Waals surface area contributed by atoms with Crippen molar-refractivity contribution in [1.82, 2.24) is 4.90 Å². The van der Waals surface area contributed by atoms with Gasteiger partial charge in [0.15, 0.2) is 0 Å². The summed E-state index contributed by atoms with van der Waals surface area (Å²) < 4.78 is 12.8. The standard InChI is InChI=1S/C6H11FN/c1-6(7)3-4-8(2)5-6/h2-5H2,1H3. The fourth-order valence-corrected chi connectivity index (χ4v) is 1.02. The zero-order chi connectivity index (χ0) is 6.20. The van der Waals surface area contributed by atoms with E-state index in [1.807, 2.05) is 0 Å². The van der Waals surface area contributed by atoms with Crippen molar-refractivity contribution in [2.45, 2.75) is 19.0 Å². The van der Waals surface area contributed by atoms with E-state index in [1.165, 1.54) is 0 Å². The van der Waals surface area contributed by atoms with E-state index in [0.717, 1.165) is 6.54 Å². The van der Waals surface area contributed by atoms with Crippen LogP contribution in [0.15, 0.2) is 0 Å². The Morgan fingerprint density at radius 1 is 1.75 bits per heavy atom. The fourth-order valence-electron chi connectivity index (χ4n) is 1.02. The van der Waals surface area contributed by atoms with Crippen LogP contribution in [0.3, 0.4) is 0 Å². The molecule has 47 valence electrons. The number of hydrogen-bond acceptors (Lipinski definition) is 1. The zero-order valence-electron chi connectivity index (χ0n) is 5.15. The lowest BCUT2D eigenvalue weighted by Gasteiger charge is -2.10. The maximum absolute atomic E-state index is 12.8. The van der Waals surface area contributed by atoms with Crippen molar-refractivity contribution in [3.63, 3.8) is 0 Å². The summed E-state index contributed by atoms with van der Waals surface area (Å²) in [6.07, 6.45) is 0.635. The van der Waals surface area contributed by atoms with Crippen molar-refractivity contribution in [3.05, 3.63) is 7.05 Å². The van der Waals surface area contributed by atoms with E-state index in [4.69, 9.17) is 0 Å². The molecule has 1 saturated heterocycles. The molecule has 0 spiro atoms. The summed E-state index contributed by atoms with van der Waals surface area (Å²) in [5.74, 6) is 0. The molecule has 1 aliphatic rings. The topological polar surface area (TPSA) is 3.24 Å². The first-order valence-electron chi connectivity index (χ1n) is 2.84. The molecule has 0 N–H and O–H groups in total. The van der Waals surface area contributed by atoms with E-state index in [-0.39, 0.29) is 0 Å². The highest BCUT2D eigenvalue weighted by molar-refractivity contribution is 4.85. The van der Waals surface area contributed by atoms with Gasteiger partial charge in [0.25, 0.3) is 0 Å². The van der Waals surface area contributed by atoms with E-state index < -0.39 is 5.67 Å². The lowest BCUT2D eigenvalue weighted by atomic mass is 10.1. The number of likely N-dealkylation sites (tertiary alicyclic amines) is 1. The highest BCUT2D eigenvalue weighted by Gasteiger charge is 2.30. The van der Waals surface area contributed by atoms with Crippen LogP contribution in [0.1, 0.15) is 13.3 Å². The van der Waals surface area contributed by atoms with Crippen LogP contribution in [0.25, 0.3) is 0 Å². The van der Waals surface area contributed by atoms with Crippen molar-refractivity contribution >= 4 is 0 Å². The summed E-state index contributed by atoms with van der Waals surface area (Å²) in [7, 11) is 3.63. The van der Waals surface area contributed by atoms with Crippen LogP contribution in [-0.2, 0) is 0 Å². The van der Waals surface area contributed by atoms with Gasteiger partial charge in [-0.2, -0.15) is 0 Å². The molecule has 1 rings (SSSR count). The first kappa shape index (κ1) is 6.02. The second-order valence-electron chi connectivity index (χ2n) is 2.72. The number of rotatable bonds is 0. The Morgan fingerprint density at radius 3 is 2.50 bits per heavy atom. The molecule has 0 aromatic rings. The predicted molar refractivity (Wildman–Crippen MR) is 31.1 cm³/mol. The summed E-state index contributed by atoms with van der Waals surface area (Å²) in [5.41, 5.74) is -0.970.